The molecule has 1 aliphatic carbocycles. The molecule has 0 amide bonds. The highest BCUT2D eigenvalue weighted by molar-refractivity contribution is 7.10. The maximum absolute atomic E-state index is 3.83. The summed E-state index contributed by atoms with van der Waals surface area (Å²) in [5.41, 5.74) is 0.547. The molecule has 1 heterocycles. The number of rotatable bonds is 4. The van der Waals surface area contributed by atoms with E-state index in [0.29, 0.717) is 11.5 Å². The van der Waals surface area contributed by atoms with Crippen molar-refractivity contribution in [1.29, 1.82) is 0 Å². The first-order valence-electron chi connectivity index (χ1n) is 6.40. The fourth-order valence-electron chi connectivity index (χ4n) is 2.75. The molecule has 0 aromatic carbocycles. The van der Waals surface area contributed by atoms with Gasteiger partial charge < -0.3 is 5.32 Å². The van der Waals surface area contributed by atoms with Gasteiger partial charge in [0, 0.05) is 17.0 Å². The normalized spacial score (nSPS) is 25.8. The van der Waals surface area contributed by atoms with Gasteiger partial charge in [-0.25, -0.2) is 0 Å². The summed E-state index contributed by atoms with van der Waals surface area (Å²) in [7, 11) is 0. The van der Waals surface area contributed by atoms with Crippen molar-refractivity contribution in [1.82, 2.24) is 5.32 Å². The van der Waals surface area contributed by atoms with E-state index in [1.807, 2.05) is 11.3 Å². The van der Waals surface area contributed by atoms with Gasteiger partial charge in [0.15, 0.2) is 0 Å². The summed E-state index contributed by atoms with van der Waals surface area (Å²) in [4.78, 5) is 1.49. The van der Waals surface area contributed by atoms with Crippen LogP contribution in [0.2, 0.25) is 0 Å². The van der Waals surface area contributed by atoms with Crippen LogP contribution in [0.1, 0.15) is 57.4 Å². The molecule has 2 atom stereocenters. The molecular formula is C14H23NS. The third-order valence-corrected chi connectivity index (χ3v) is 4.69. The Labute approximate surface area is 103 Å². The minimum atomic E-state index is 0.547. The zero-order valence-corrected chi connectivity index (χ0v) is 11.4. The van der Waals surface area contributed by atoms with Crippen LogP contribution in [0, 0.1) is 5.41 Å². The van der Waals surface area contributed by atoms with Crippen molar-refractivity contribution in [2.75, 3.05) is 0 Å². The fourth-order valence-corrected chi connectivity index (χ4v) is 3.62. The van der Waals surface area contributed by atoms with Gasteiger partial charge in [0.25, 0.3) is 0 Å². The summed E-state index contributed by atoms with van der Waals surface area (Å²) in [6.07, 6.45) is 5.23. The molecule has 0 saturated heterocycles. The van der Waals surface area contributed by atoms with Crippen molar-refractivity contribution >= 4 is 11.3 Å². The Morgan fingerprint density at radius 1 is 1.56 bits per heavy atom. The SMILES string of the molecule is CCC(NC1CCC(C)(C)C1)c1cccs1. The van der Waals surface area contributed by atoms with Crippen LogP contribution < -0.4 is 5.32 Å². The summed E-state index contributed by atoms with van der Waals surface area (Å²) in [6, 6.07) is 5.70. The minimum absolute atomic E-state index is 0.547. The molecule has 1 aromatic heterocycles. The van der Waals surface area contributed by atoms with Crippen molar-refractivity contribution in [2.24, 2.45) is 5.41 Å². The highest BCUT2D eigenvalue weighted by Gasteiger charge is 2.31. The van der Waals surface area contributed by atoms with Crippen molar-refractivity contribution in [3.05, 3.63) is 22.4 Å². The monoisotopic (exact) mass is 237 g/mol. The zero-order chi connectivity index (χ0) is 11.6. The number of hydrogen-bond acceptors (Lipinski definition) is 2. The average Bonchev–Trinajstić information content (AvgIpc) is 2.84. The van der Waals surface area contributed by atoms with Crippen LogP contribution >= 0.6 is 11.3 Å². The molecule has 1 saturated carbocycles. The predicted octanol–water partition coefficient (Wildman–Crippen LogP) is 4.37. The van der Waals surface area contributed by atoms with Gasteiger partial charge in [-0.3, -0.25) is 0 Å². The lowest BCUT2D eigenvalue weighted by atomic mass is 9.91. The zero-order valence-electron chi connectivity index (χ0n) is 10.6. The van der Waals surface area contributed by atoms with Gasteiger partial charge in [-0.05, 0) is 42.5 Å². The molecule has 2 heteroatoms. The van der Waals surface area contributed by atoms with Gasteiger partial charge in [0.05, 0.1) is 0 Å². The van der Waals surface area contributed by atoms with Crippen molar-refractivity contribution in [3.8, 4) is 0 Å². The van der Waals surface area contributed by atoms with Crippen molar-refractivity contribution < 1.29 is 0 Å². The van der Waals surface area contributed by atoms with Crippen LogP contribution in [0.3, 0.4) is 0 Å². The molecular weight excluding hydrogens is 214 g/mol. The van der Waals surface area contributed by atoms with Crippen LogP contribution in [-0.4, -0.2) is 6.04 Å². The van der Waals surface area contributed by atoms with E-state index in [1.165, 1.54) is 30.6 Å². The van der Waals surface area contributed by atoms with Gasteiger partial charge in [0.1, 0.15) is 0 Å². The van der Waals surface area contributed by atoms with Crippen molar-refractivity contribution in [3.63, 3.8) is 0 Å². The lowest BCUT2D eigenvalue weighted by molar-refractivity contribution is 0.351. The van der Waals surface area contributed by atoms with Crippen LogP contribution in [0.15, 0.2) is 17.5 Å². The molecule has 90 valence electrons. The average molecular weight is 237 g/mol. The quantitative estimate of drug-likeness (QED) is 0.820. The molecule has 16 heavy (non-hydrogen) atoms. The first-order chi connectivity index (χ1) is 7.61. The Balaban J connectivity index is 1.93. The van der Waals surface area contributed by atoms with E-state index >= 15 is 0 Å². The minimum Gasteiger partial charge on any atom is -0.306 e. The first-order valence-corrected chi connectivity index (χ1v) is 7.28. The van der Waals surface area contributed by atoms with Crippen LogP contribution in [-0.2, 0) is 0 Å². The first kappa shape index (κ1) is 12.1. The second kappa shape index (κ2) is 4.89. The Morgan fingerprint density at radius 2 is 2.38 bits per heavy atom. The lowest BCUT2D eigenvalue weighted by Crippen LogP contribution is -2.30. The van der Waals surface area contributed by atoms with Gasteiger partial charge in [-0.2, -0.15) is 0 Å². The van der Waals surface area contributed by atoms with Crippen LogP contribution in [0.25, 0.3) is 0 Å². The second-order valence-electron chi connectivity index (χ2n) is 5.75. The Bertz CT molecular complexity index is 315. The Kier molecular flexibility index (Phi) is 3.70. The summed E-state index contributed by atoms with van der Waals surface area (Å²) in [5, 5.41) is 6.01. The highest BCUT2D eigenvalue weighted by Crippen LogP contribution is 2.38. The van der Waals surface area contributed by atoms with Gasteiger partial charge in [-0.1, -0.05) is 26.8 Å². The van der Waals surface area contributed by atoms with Gasteiger partial charge in [0.2, 0.25) is 0 Å². The number of thiophene rings is 1. The molecule has 0 aliphatic heterocycles. The van der Waals surface area contributed by atoms with E-state index in [1.54, 1.807) is 0 Å². The molecule has 2 unspecified atom stereocenters. The smallest absolute Gasteiger partial charge is 0.0414 e. The molecule has 1 nitrogen and oxygen atoms in total. The summed E-state index contributed by atoms with van der Waals surface area (Å²) in [6.45, 7) is 7.05. The standard InChI is InChI=1S/C14H23NS/c1-4-12(13-6-5-9-16-13)15-11-7-8-14(2,3)10-11/h5-6,9,11-12,15H,4,7-8,10H2,1-3H3. The van der Waals surface area contributed by atoms with Crippen LogP contribution in [0.5, 0.6) is 0 Å². The molecule has 0 radical (unpaired) electrons. The second-order valence-corrected chi connectivity index (χ2v) is 6.73. The summed E-state index contributed by atoms with van der Waals surface area (Å²) in [5.74, 6) is 0. The number of nitrogens with one attached hydrogen (secondary N) is 1. The van der Waals surface area contributed by atoms with E-state index in [0.717, 1.165) is 6.04 Å². The number of hydrogen-bond donors (Lipinski definition) is 1. The van der Waals surface area contributed by atoms with Crippen LogP contribution in [0.4, 0.5) is 0 Å². The Hall–Kier alpha value is -0.340. The molecule has 0 spiro atoms. The Morgan fingerprint density at radius 3 is 2.88 bits per heavy atom. The third-order valence-electron chi connectivity index (χ3n) is 3.70. The summed E-state index contributed by atoms with van der Waals surface area (Å²) < 4.78 is 0. The van der Waals surface area contributed by atoms with E-state index in [2.05, 4.69) is 43.6 Å². The maximum atomic E-state index is 3.83. The molecule has 2 rings (SSSR count). The third kappa shape index (κ3) is 2.86. The predicted molar refractivity (Wildman–Crippen MR) is 71.9 cm³/mol. The van der Waals surface area contributed by atoms with E-state index in [-0.39, 0.29) is 0 Å². The molecule has 1 aliphatic rings. The molecule has 1 fully saturated rings. The molecule has 0 bridgehead atoms. The maximum Gasteiger partial charge on any atom is 0.0414 e. The highest BCUT2D eigenvalue weighted by atomic mass is 32.1. The van der Waals surface area contributed by atoms with E-state index in [9.17, 15) is 0 Å². The summed E-state index contributed by atoms with van der Waals surface area (Å²) >= 11 is 1.88. The largest absolute Gasteiger partial charge is 0.306 e. The fraction of sp³-hybridized carbons (Fsp3) is 0.714. The van der Waals surface area contributed by atoms with Crippen molar-refractivity contribution in [2.45, 2.75) is 58.5 Å². The van der Waals surface area contributed by atoms with Gasteiger partial charge >= 0.3 is 0 Å². The van der Waals surface area contributed by atoms with E-state index in [4.69, 9.17) is 0 Å². The van der Waals surface area contributed by atoms with Gasteiger partial charge in [-0.15, -0.1) is 11.3 Å². The molecule has 1 N–H and O–H groups in total. The topological polar surface area (TPSA) is 12.0 Å². The van der Waals surface area contributed by atoms with E-state index < -0.39 is 0 Å². The lowest BCUT2D eigenvalue weighted by Gasteiger charge is -2.22. The molecule has 1 aromatic rings.